The molecule has 2 rings (SSSR count). The lowest BCUT2D eigenvalue weighted by molar-refractivity contribution is -0.131. The van der Waals surface area contributed by atoms with Gasteiger partial charge in [0, 0.05) is 16.7 Å². The van der Waals surface area contributed by atoms with Crippen LogP contribution >= 0.6 is 11.6 Å². The first kappa shape index (κ1) is 14.1. The van der Waals surface area contributed by atoms with Gasteiger partial charge in [0.25, 0.3) is 0 Å². The van der Waals surface area contributed by atoms with Crippen molar-refractivity contribution in [2.75, 3.05) is 0 Å². The molecule has 0 fully saturated rings. The Kier molecular flexibility index (Phi) is 4.38. The van der Waals surface area contributed by atoms with Gasteiger partial charge >= 0.3 is 5.97 Å². The third-order valence-corrected chi connectivity index (χ3v) is 2.67. The minimum absolute atomic E-state index is 0.336. The van der Waals surface area contributed by atoms with Crippen molar-refractivity contribution in [3.05, 3.63) is 64.9 Å². The predicted octanol–water partition coefficient (Wildman–Crippen LogP) is 4.37. The summed E-state index contributed by atoms with van der Waals surface area (Å²) < 4.78 is 18.8. The van der Waals surface area contributed by atoms with Crippen LogP contribution in [-0.4, -0.2) is 11.1 Å². The number of halogens is 2. The molecule has 0 aliphatic rings. The van der Waals surface area contributed by atoms with Gasteiger partial charge in [-0.3, -0.25) is 0 Å². The van der Waals surface area contributed by atoms with Gasteiger partial charge in [-0.05, 0) is 48.5 Å². The summed E-state index contributed by atoms with van der Waals surface area (Å²) in [6.07, 6.45) is 2.19. The largest absolute Gasteiger partial charge is 0.478 e. The van der Waals surface area contributed by atoms with Crippen molar-refractivity contribution < 1.29 is 19.0 Å². The summed E-state index contributed by atoms with van der Waals surface area (Å²) in [5, 5.41) is 9.19. The maximum atomic E-state index is 13.2. The molecule has 0 radical (unpaired) electrons. The van der Waals surface area contributed by atoms with E-state index in [4.69, 9.17) is 21.4 Å². The molecule has 2 aromatic carbocycles. The second-order valence-corrected chi connectivity index (χ2v) is 4.35. The third kappa shape index (κ3) is 3.83. The summed E-state index contributed by atoms with van der Waals surface area (Å²) in [5.41, 5.74) is 0.336. The van der Waals surface area contributed by atoms with Crippen LogP contribution in [0.5, 0.6) is 11.5 Å². The first-order chi connectivity index (χ1) is 9.54. The Morgan fingerprint density at radius 2 is 1.90 bits per heavy atom. The van der Waals surface area contributed by atoms with Crippen molar-refractivity contribution >= 4 is 23.6 Å². The molecule has 0 aromatic heterocycles. The van der Waals surface area contributed by atoms with E-state index < -0.39 is 11.8 Å². The van der Waals surface area contributed by atoms with Gasteiger partial charge in [-0.25, -0.2) is 9.18 Å². The second-order valence-electron chi connectivity index (χ2n) is 3.91. The van der Waals surface area contributed by atoms with Gasteiger partial charge in [-0.2, -0.15) is 0 Å². The average molecular weight is 293 g/mol. The molecule has 0 aliphatic carbocycles. The Morgan fingerprint density at radius 1 is 1.20 bits per heavy atom. The highest BCUT2D eigenvalue weighted by Crippen LogP contribution is 2.28. The number of carboxylic acid groups (broad SMARTS) is 1. The smallest absolute Gasteiger partial charge is 0.328 e. The molecule has 20 heavy (non-hydrogen) atoms. The fraction of sp³-hybridized carbons (Fsp3) is 0. The Morgan fingerprint density at radius 3 is 2.55 bits per heavy atom. The SMILES string of the molecule is O=C(O)/C=C/c1cc(F)ccc1Oc1ccc(Cl)cc1. The van der Waals surface area contributed by atoms with Crippen molar-refractivity contribution in [1.29, 1.82) is 0 Å². The van der Waals surface area contributed by atoms with Crippen molar-refractivity contribution in [1.82, 2.24) is 0 Å². The van der Waals surface area contributed by atoms with Crippen LogP contribution in [-0.2, 0) is 4.79 Å². The van der Waals surface area contributed by atoms with Gasteiger partial charge in [-0.1, -0.05) is 11.6 Å². The molecule has 0 saturated carbocycles. The molecule has 0 heterocycles. The van der Waals surface area contributed by atoms with E-state index in [-0.39, 0.29) is 0 Å². The number of carbonyl (C=O) groups is 1. The van der Waals surface area contributed by atoms with E-state index in [1.807, 2.05) is 0 Å². The first-order valence-corrected chi connectivity index (χ1v) is 6.06. The van der Waals surface area contributed by atoms with Crippen LogP contribution < -0.4 is 4.74 Å². The zero-order chi connectivity index (χ0) is 14.5. The van der Waals surface area contributed by atoms with Gasteiger partial charge in [0.2, 0.25) is 0 Å². The standard InChI is InChI=1S/C15H10ClFO3/c16-11-2-5-13(6-3-11)20-14-7-4-12(17)9-10(14)1-8-15(18)19/h1-9H,(H,18,19)/b8-1+. The summed E-state index contributed by atoms with van der Waals surface area (Å²) in [7, 11) is 0. The van der Waals surface area contributed by atoms with E-state index >= 15 is 0 Å². The summed E-state index contributed by atoms with van der Waals surface area (Å²) >= 11 is 5.77. The lowest BCUT2D eigenvalue weighted by Crippen LogP contribution is -1.90. The van der Waals surface area contributed by atoms with Crippen LogP contribution in [0.1, 0.15) is 5.56 Å². The molecule has 0 amide bonds. The number of rotatable bonds is 4. The van der Waals surface area contributed by atoms with Gasteiger partial charge < -0.3 is 9.84 Å². The molecule has 0 atom stereocenters. The van der Waals surface area contributed by atoms with E-state index in [9.17, 15) is 9.18 Å². The topological polar surface area (TPSA) is 46.5 Å². The molecule has 3 nitrogen and oxygen atoms in total. The van der Waals surface area contributed by atoms with E-state index in [1.165, 1.54) is 24.3 Å². The number of aliphatic carboxylic acids is 1. The Bertz CT molecular complexity index is 651. The van der Waals surface area contributed by atoms with E-state index in [1.54, 1.807) is 24.3 Å². The van der Waals surface area contributed by atoms with Crippen molar-refractivity contribution in [3.63, 3.8) is 0 Å². The monoisotopic (exact) mass is 292 g/mol. The highest BCUT2D eigenvalue weighted by molar-refractivity contribution is 6.30. The summed E-state index contributed by atoms with van der Waals surface area (Å²) in [5.74, 6) is -0.720. The van der Waals surface area contributed by atoms with Gasteiger partial charge in [0.1, 0.15) is 17.3 Å². The Balaban J connectivity index is 2.30. The molecule has 102 valence electrons. The average Bonchev–Trinajstić information content (AvgIpc) is 2.41. The quantitative estimate of drug-likeness (QED) is 0.851. The molecule has 0 spiro atoms. The van der Waals surface area contributed by atoms with E-state index in [0.29, 0.717) is 22.1 Å². The van der Waals surface area contributed by atoms with Gasteiger partial charge in [-0.15, -0.1) is 0 Å². The minimum Gasteiger partial charge on any atom is -0.478 e. The molecule has 0 aliphatic heterocycles. The van der Waals surface area contributed by atoms with Crippen LogP contribution in [0.2, 0.25) is 5.02 Å². The van der Waals surface area contributed by atoms with Crippen molar-refractivity contribution in [2.24, 2.45) is 0 Å². The van der Waals surface area contributed by atoms with E-state index in [2.05, 4.69) is 0 Å². The zero-order valence-corrected chi connectivity index (χ0v) is 11.0. The van der Waals surface area contributed by atoms with Crippen LogP contribution in [0.25, 0.3) is 6.08 Å². The molecule has 0 bridgehead atoms. The summed E-state index contributed by atoms with van der Waals surface area (Å²) in [4.78, 5) is 10.5. The summed E-state index contributed by atoms with van der Waals surface area (Å²) in [6.45, 7) is 0. The molecular weight excluding hydrogens is 283 g/mol. The number of carboxylic acids is 1. The fourth-order valence-corrected chi connectivity index (χ4v) is 1.66. The molecule has 0 unspecified atom stereocenters. The van der Waals surface area contributed by atoms with Gasteiger partial charge in [0.15, 0.2) is 0 Å². The molecule has 1 N–H and O–H groups in total. The highest BCUT2D eigenvalue weighted by atomic mass is 35.5. The normalized spacial score (nSPS) is 10.7. The number of benzene rings is 2. The summed E-state index contributed by atoms with van der Waals surface area (Å²) in [6, 6.07) is 10.5. The van der Waals surface area contributed by atoms with Crippen molar-refractivity contribution in [3.8, 4) is 11.5 Å². The van der Waals surface area contributed by atoms with E-state index in [0.717, 1.165) is 6.08 Å². The number of ether oxygens (including phenoxy) is 1. The van der Waals surface area contributed by atoms with Crippen molar-refractivity contribution in [2.45, 2.75) is 0 Å². The zero-order valence-electron chi connectivity index (χ0n) is 10.2. The van der Waals surface area contributed by atoms with Crippen LogP contribution in [0, 0.1) is 5.82 Å². The highest BCUT2D eigenvalue weighted by Gasteiger charge is 2.05. The molecule has 0 saturated heterocycles. The maximum absolute atomic E-state index is 13.2. The second kappa shape index (κ2) is 6.21. The first-order valence-electron chi connectivity index (χ1n) is 5.68. The molecular formula is C15H10ClFO3. The number of hydrogen-bond acceptors (Lipinski definition) is 2. The Hall–Kier alpha value is -2.33. The Labute approximate surface area is 119 Å². The van der Waals surface area contributed by atoms with Crippen LogP contribution in [0.3, 0.4) is 0 Å². The van der Waals surface area contributed by atoms with Gasteiger partial charge in [0.05, 0.1) is 0 Å². The van der Waals surface area contributed by atoms with Crippen LogP contribution in [0.15, 0.2) is 48.5 Å². The maximum Gasteiger partial charge on any atom is 0.328 e. The lowest BCUT2D eigenvalue weighted by atomic mass is 10.2. The lowest BCUT2D eigenvalue weighted by Gasteiger charge is -2.09. The third-order valence-electron chi connectivity index (χ3n) is 2.42. The fourth-order valence-electron chi connectivity index (χ4n) is 1.53. The minimum atomic E-state index is -1.12. The van der Waals surface area contributed by atoms with Crippen LogP contribution in [0.4, 0.5) is 4.39 Å². The number of hydrogen-bond donors (Lipinski definition) is 1. The molecule has 2 aromatic rings. The molecule has 5 heteroatoms. The predicted molar refractivity (Wildman–Crippen MR) is 74.6 cm³/mol.